The van der Waals surface area contributed by atoms with Crippen LogP contribution in [0.3, 0.4) is 0 Å². The third-order valence-electron chi connectivity index (χ3n) is 4.18. The van der Waals surface area contributed by atoms with Crippen molar-refractivity contribution in [3.63, 3.8) is 0 Å². The Balaban J connectivity index is 1.77. The molecule has 0 radical (unpaired) electrons. The van der Waals surface area contributed by atoms with Crippen molar-refractivity contribution < 1.29 is 4.79 Å². The average Bonchev–Trinajstić information content (AvgIpc) is 3.01. The van der Waals surface area contributed by atoms with Gasteiger partial charge >= 0.3 is 0 Å². The van der Waals surface area contributed by atoms with E-state index < -0.39 is 0 Å². The highest BCUT2D eigenvalue weighted by Gasteiger charge is 2.20. The summed E-state index contributed by atoms with van der Waals surface area (Å²) in [6.07, 6.45) is 2.50. The molecule has 120 valence electrons. The van der Waals surface area contributed by atoms with E-state index in [4.69, 9.17) is 5.73 Å². The van der Waals surface area contributed by atoms with Crippen molar-refractivity contribution in [3.8, 4) is 22.8 Å². The minimum Gasteiger partial charge on any atom is -0.398 e. The molecule has 0 spiro atoms. The van der Waals surface area contributed by atoms with Crippen LogP contribution >= 0.6 is 0 Å². The van der Waals surface area contributed by atoms with Gasteiger partial charge in [-0.25, -0.2) is 9.97 Å². The molecule has 0 bridgehead atoms. The molecule has 4 N–H and O–H groups in total. The lowest BCUT2D eigenvalue weighted by Gasteiger charge is -2.10. The fourth-order valence-electron chi connectivity index (χ4n) is 2.96. The van der Waals surface area contributed by atoms with Gasteiger partial charge in [0.25, 0.3) is 5.91 Å². The predicted molar refractivity (Wildman–Crippen MR) is 92.4 cm³/mol. The molecular weight excluding hydrogens is 302 g/mol. The van der Waals surface area contributed by atoms with Crippen LogP contribution in [0.1, 0.15) is 21.6 Å². The Morgan fingerprint density at radius 3 is 2.83 bits per heavy atom. The smallest absolute Gasteiger partial charge is 0.253 e. The first-order chi connectivity index (χ1) is 11.6. The Labute approximate surface area is 139 Å². The van der Waals surface area contributed by atoms with Crippen molar-refractivity contribution in [1.29, 1.82) is 0 Å². The second-order valence-corrected chi connectivity index (χ2v) is 5.94. The lowest BCUT2D eigenvalue weighted by molar-refractivity contribution is 0.0946. The number of aryl methyl sites for hydroxylation is 1. The molecule has 24 heavy (non-hydrogen) atoms. The van der Waals surface area contributed by atoms with Gasteiger partial charge in [0.15, 0.2) is 5.82 Å². The number of rotatable bonds is 2. The Hall–Kier alpha value is -3.15. The number of anilines is 1. The topological polar surface area (TPSA) is 96.7 Å². The second-order valence-electron chi connectivity index (χ2n) is 5.94. The monoisotopic (exact) mass is 319 g/mol. The summed E-state index contributed by atoms with van der Waals surface area (Å²) in [6, 6.07) is 9.48. The number of hydrogen-bond acceptors (Lipinski definition) is 4. The zero-order valence-corrected chi connectivity index (χ0v) is 13.3. The summed E-state index contributed by atoms with van der Waals surface area (Å²) in [5, 5.41) is 2.84. The molecule has 3 aromatic rings. The fourth-order valence-corrected chi connectivity index (χ4v) is 2.96. The Kier molecular flexibility index (Phi) is 3.30. The summed E-state index contributed by atoms with van der Waals surface area (Å²) in [7, 11) is 0. The molecule has 4 rings (SSSR count). The lowest BCUT2D eigenvalue weighted by Crippen LogP contribution is -2.31. The average molecular weight is 319 g/mol. The molecular formula is C18H17N5O. The van der Waals surface area contributed by atoms with Gasteiger partial charge in [-0.05, 0) is 36.8 Å². The summed E-state index contributed by atoms with van der Waals surface area (Å²) in [6.45, 7) is 2.65. The minimum absolute atomic E-state index is 0.0455. The normalized spacial score (nSPS) is 13.5. The van der Waals surface area contributed by atoms with Crippen LogP contribution in [0, 0.1) is 6.92 Å². The van der Waals surface area contributed by atoms with Crippen LogP contribution in [-0.2, 0) is 6.42 Å². The Bertz CT molecular complexity index is 944. The van der Waals surface area contributed by atoms with E-state index in [0.717, 1.165) is 34.6 Å². The first-order valence-electron chi connectivity index (χ1n) is 7.82. The van der Waals surface area contributed by atoms with Crippen molar-refractivity contribution in [2.24, 2.45) is 0 Å². The summed E-state index contributed by atoms with van der Waals surface area (Å²) < 4.78 is 0. The molecule has 2 aromatic heterocycles. The number of carbonyl (C=O) groups is 1. The molecule has 0 saturated carbocycles. The highest BCUT2D eigenvalue weighted by atomic mass is 16.1. The third-order valence-corrected chi connectivity index (χ3v) is 4.18. The van der Waals surface area contributed by atoms with E-state index in [1.807, 2.05) is 37.3 Å². The number of benzene rings is 1. The summed E-state index contributed by atoms with van der Waals surface area (Å²) in [5.41, 5.74) is 11.8. The number of H-pyrrole nitrogens is 1. The van der Waals surface area contributed by atoms with Gasteiger partial charge in [0.05, 0.1) is 17.0 Å². The quantitative estimate of drug-likeness (QED) is 0.631. The summed E-state index contributed by atoms with van der Waals surface area (Å²) in [4.78, 5) is 24.2. The number of nitrogens with two attached hydrogens (primary N) is 1. The first kappa shape index (κ1) is 14.4. The van der Waals surface area contributed by atoms with Gasteiger partial charge in [-0.1, -0.05) is 6.07 Å². The highest BCUT2D eigenvalue weighted by Crippen LogP contribution is 2.27. The van der Waals surface area contributed by atoms with E-state index in [9.17, 15) is 4.79 Å². The predicted octanol–water partition coefficient (Wildman–Crippen LogP) is 2.32. The lowest BCUT2D eigenvalue weighted by atomic mass is 10.1. The molecule has 1 aliphatic heterocycles. The fraction of sp³-hybridized carbons (Fsp3) is 0.167. The molecule has 0 atom stereocenters. The van der Waals surface area contributed by atoms with Crippen LogP contribution in [0.2, 0.25) is 0 Å². The van der Waals surface area contributed by atoms with Gasteiger partial charge in [0.2, 0.25) is 0 Å². The molecule has 1 amide bonds. The Morgan fingerprint density at radius 1 is 1.17 bits per heavy atom. The van der Waals surface area contributed by atoms with Gasteiger partial charge < -0.3 is 16.0 Å². The van der Waals surface area contributed by atoms with Crippen LogP contribution < -0.4 is 11.1 Å². The number of nitrogens with one attached hydrogen (secondary N) is 2. The second kappa shape index (κ2) is 5.49. The van der Waals surface area contributed by atoms with E-state index in [1.165, 1.54) is 0 Å². The SMILES string of the molecule is Cc1ccc(-c2nccc(-c3cc4c([nH]3)CCNC4=O)n2)c(N)c1. The van der Waals surface area contributed by atoms with E-state index in [0.29, 0.717) is 23.6 Å². The van der Waals surface area contributed by atoms with Crippen molar-refractivity contribution >= 4 is 11.6 Å². The van der Waals surface area contributed by atoms with Gasteiger partial charge in [0, 0.05) is 36.1 Å². The first-order valence-corrected chi connectivity index (χ1v) is 7.82. The van der Waals surface area contributed by atoms with Crippen LogP contribution in [0.25, 0.3) is 22.8 Å². The molecule has 1 aromatic carbocycles. The molecule has 0 unspecified atom stereocenters. The number of nitrogens with zero attached hydrogens (tertiary/aromatic N) is 2. The van der Waals surface area contributed by atoms with Crippen molar-refractivity contribution in [1.82, 2.24) is 20.3 Å². The van der Waals surface area contributed by atoms with Crippen LogP contribution in [-0.4, -0.2) is 27.4 Å². The van der Waals surface area contributed by atoms with E-state index in [2.05, 4.69) is 20.3 Å². The maximum Gasteiger partial charge on any atom is 0.253 e. The van der Waals surface area contributed by atoms with Gasteiger partial charge in [-0.15, -0.1) is 0 Å². The molecule has 0 saturated heterocycles. The molecule has 3 heterocycles. The zero-order chi connectivity index (χ0) is 16.7. The number of aromatic nitrogens is 3. The maximum absolute atomic E-state index is 11.9. The largest absolute Gasteiger partial charge is 0.398 e. The van der Waals surface area contributed by atoms with Crippen molar-refractivity contribution in [2.45, 2.75) is 13.3 Å². The number of fused-ring (bicyclic) bond motifs is 1. The standard InChI is InChI=1S/C18H17N5O/c1-10-2-3-11(13(19)8-10)17-20-6-5-15(23-17)16-9-12-14(22-16)4-7-21-18(12)24/h2-3,5-6,8-9,22H,4,7,19H2,1H3,(H,21,24). The number of amides is 1. The van der Waals surface area contributed by atoms with Crippen molar-refractivity contribution in [2.75, 3.05) is 12.3 Å². The van der Waals surface area contributed by atoms with E-state index in [1.54, 1.807) is 6.20 Å². The molecule has 6 heteroatoms. The summed E-state index contributed by atoms with van der Waals surface area (Å²) >= 11 is 0. The minimum atomic E-state index is -0.0455. The van der Waals surface area contributed by atoms with E-state index >= 15 is 0 Å². The van der Waals surface area contributed by atoms with Crippen LogP contribution in [0.4, 0.5) is 5.69 Å². The maximum atomic E-state index is 11.9. The zero-order valence-electron chi connectivity index (χ0n) is 13.3. The number of hydrogen-bond donors (Lipinski definition) is 3. The highest BCUT2D eigenvalue weighted by molar-refractivity contribution is 5.97. The number of carbonyl (C=O) groups excluding carboxylic acids is 1. The number of nitrogen functional groups attached to an aromatic ring is 1. The van der Waals surface area contributed by atoms with Gasteiger partial charge in [-0.2, -0.15) is 0 Å². The molecule has 0 aliphatic carbocycles. The molecule has 0 fully saturated rings. The third kappa shape index (κ3) is 2.42. The number of aromatic amines is 1. The molecule has 1 aliphatic rings. The van der Waals surface area contributed by atoms with Crippen molar-refractivity contribution in [3.05, 3.63) is 53.3 Å². The van der Waals surface area contributed by atoms with E-state index in [-0.39, 0.29) is 5.91 Å². The summed E-state index contributed by atoms with van der Waals surface area (Å²) in [5.74, 6) is 0.526. The van der Waals surface area contributed by atoms with Gasteiger partial charge in [-0.3, -0.25) is 4.79 Å². The van der Waals surface area contributed by atoms with Crippen LogP contribution in [0.5, 0.6) is 0 Å². The van der Waals surface area contributed by atoms with Crippen LogP contribution in [0.15, 0.2) is 36.5 Å². The molecule has 6 nitrogen and oxygen atoms in total. The van der Waals surface area contributed by atoms with Gasteiger partial charge in [0.1, 0.15) is 0 Å². The Morgan fingerprint density at radius 2 is 2.04 bits per heavy atom.